The number of phenols is 1. The van der Waals surface area contributed by atoms with Crippen molar-refractivity contribution < 1.29 is 5.11 Å². The fraction of sp³-hybridized carbons (Fsp3) is 0.333. The van der Waals surface area contributed by atoms with Crippen LogP contribution in [-0.4, -0.2) is 30.6 Å². The number of phenolic OH excluding ortho intramolecular Hbond substituents is 1. The summed E-state index contributed by atoms with van der Waals surface area (Å²) in [7, 11) is 4.16. The number of fused-ring (bicyclic) bond motifs is 1. The van der Waals surface area contributed by atoms with Gasteiger partial charge in [0.05, 0.1) is 6.04 Å². The van der Waals surface area contributed by atoms with Crippen LogP contribution in [-0.2, 0) is 13.1 Å². The second kappa shape index (κ2) is 5.99. The van der Waals surface area contributed by atoms with Crippen LogP contribution in [0.3, 0.4) is 0 Å². The van der Waals surface area contributed by atoms with Crippen molar-refractivity contribution in [2.75, 3.05) is 25.5 Å². The van der Waals surface area contributed by atoms with E-state index in [4.69, 9.17) is 5.73 Å². The summed E-state index contributed by atoms with van der Waals surface area (Å²) in [6, 6.07) is 14.3. The van der Waals surface area contributed by atoms with Crippen molar-refractivity contribution in [1.29, 1.82) is 0 Å². The molecule has 1 heterocycles. The zero-order valence-corrected chi connectivity index (χ0v) is 13.2. The fourth-order valence-corrected chi connectivity index (χ4v) is 3.19. The van der Waals surface area contributed by atoms with Crippen molar-refractivity contribution >= 4 is 5.69 Å². The molecule has 22 heavy (non-hydrogen) atoms. The summed E-state index contributed by atoms with van der Waals surface area (Å²) in [6.07, 6.45) is 0. The Kier molecular flexibility index (Phi) is 4.05. The Balaban J connectivity index is 1.92. The number of nitrogens with two attached hydrogens (primary N) is 1. The molecule has 1 aliphatic heterocycles. The smallest absolute Gasteiger partial charge is 0.115 e. The molecule has 0 spiro atoms. The van der Waals surface area contributed by atoms with Gasteiger partial charge >= 0.3 is 0 Å². The van der Waals surface area contributed by atoms with Crippen LogP contribution in [0.15, 0.2) is 42.5 Å². The highest BCUT2D eigenvalue weighted by molar-refractivity contribution is 5.56. The number of aromatic hydroxyl groups is 1. The van der Waals surface area contributed by atoms with Gasteiger partial charge in [-0.15, -0.1) is 0 Å². The van der Waals surface area contributed by atoms with Crippen molar-refractivity contribution in [2.24, 2.45) is 5.73 Å². The highest BCUT2D eigenvalue weighted by Crippen LogP contribution is 2.37. The van der Waals surface area contributed by atoms with Crippen molar-refractivity contribution in [3.63, 3.8) is 0 Å². The first-order valence-corrected chi connectivity index (χ1v) is 7.60. The maximum absolute atomic E-state index is 9.47. The first-order chi connectivity index (χ1) is 10.6. The van der Waals surface area contributed by atoms with Gasteiger partial charge in [-0.1, -0.05) is 18.2 Å². The van der Waals surface area contributed by atoms with Gasteiger partial charge in [0.1, 0.15) is 5.75 Å². The van der Waals surface area contributed by atoms with Crippen LogP contribution in [0.25, 0.3) is 0 Å². The number of hydrogen-bond donors (Lipinski definition) is 2. The average molecular weight is 297 g/mol. The number of rotatable bonds is 4. The second-order valence-electron chi connectivity index (χ2n) is 6.17. The Labute approximate surface area is 131 Å². The predicted molar refractivity (Wildman–Crippen MR) is 89.9 cm³/mol. The minimum absolute atomic E-state index is 0.196. The normalized spacial score (nSPS) is 17.1. The van der Waals surface area contributed by atoms with Crippen LogP contribution in [0.1, 0.15) is 22.7 Å². The zero-order valence-electron chi connectivity index (χ0n) is 13.2. The quantitative estimate of drug-likeness (QED) is 0.910. The molecular weight excluding hydrogens is 274 g/mol. The SMILES string of the molecule is CN(C)Cc1ccc2c(c1)C(CN)N(c1ccc(O)cc1)C2. The molecule has 1 atom stereocenters. The Bertz CT molecular complexity index is 652. The molecule has 1 unspecified atom stereocenters. The van der Waals surface area contributed by atoms with Crippen LogP contribution in [0.2, 0.25) is 0 Å². The van der Waals surface area contributed by atoms with Crippen molar-refractivity contribution in [2.45, 2.75) is 19.1 Å². The third kappa shape index (κ3) is 2.80. The number of nitrogens with zero attached hydrogens (tertiary/aromatic N) is 2. The number of hydrogen-bond acceptors (Lipinski definition) is 4. The van der Waals surface area contributed by atoms with E-state index in [-0.39, 0.29) is 11.8 Å². The fourth-order valence-electron chi connectivity index (χ4n) is 3.19. The van der Waals surface area contributed by atoms with Crippen LogP contribution in [0.4, 0.5) is 5.69 Å². The van der Waals surface area contributed by atoms with Crippen molar-refractivity contribution in [1.82, 2.24) is 4.90 Å². The average Bonchev–Trinajstić information content (AvgIpc) is 2.85. The summed E-state index contributed by atoms with van der Waals surface area (Å²) in [5.41, 5.74) is 11.1. The van der Waals surface area contributed by atoms with Gasteiger partial charge in [-0.3, -0.25) is 0 Å². The highest BCUT2D eigenvalue weighted by Gasteiger charge is 2.29. The van der Waals surface area contributed by atoms with E-state index in [1.165, 1.54) is 16.7 Å². The first kappa shape index (κ1) is 14.9. The lowest BCUT2D eigenvalue weighted by molar-refractivity contribution is 0.402. The molecule has 0 fully saturated rings. The summed E-state index contributed by atoms with van der Waals surface area (Å²) in [5, 5.41) is 9.47. The molecule has 116 valence electrons. The minimum Gasteiger partial charge on any atom is -0.508 e. The number of benzene rings is 2. The molecule has 0 bridgehead atoms. The van der Waals surface area contributed by atoms with Gasteiger partial charge < -0.3 is 20.6 Å². The van der Waals surface area contributed by atoms with Gasteiger partial charge in [-0.05, 0) is 55.1 Å². The standard InChI is InChI=1S/C18H23N3O/c1-20(2)11-13-3-4-14-12-21(18(10-19)17(14)9-13)15-5-7-16(22)8-6-15/h3-9,18,22H,10-12,19H2,1-2H3. The Morgan fingerprint density at radius 3 is 2.55 bits per heavy atom. The van der Waals surface area contributed by atoms with Gasteiger partial charge in [0.2, 0.25) is 0 Å². The molecule has 3 N–H and O–H groups in total. The molecule has 2 aromatic rings. The Morgan fingerprint density at radius 2 is 1.91 bits per heavy atom. The Morgan fingerprint density at radius 1 is 1.18 bits per heavy atom. The first-order valence-electron chi connectivity index (χ1n) is 7.60. The van der Waals surface area contributed by atoms with Crippen molar-refractivity contribution in [3.05, 3.63) is 59.2 Å². The van der Waals surface area contributed by atoms with Crippen LogP contribution in [0, 0.1) is 0 Å². The zero-order chi connectivity index (χ0) is 15.7. The lowest BCUT2D eigenvalue weighted by atomic mass is 10.0. The highest BCUT2D eigenvalue weighted by atomic mass is 16.3. The van der Waals surface area contributed by atoms with Crippen LogP contribution in [0.5, 0.6) is 5.75 Å². The maximum atomic E-state index is 9.47. The molecule has 0 amide bonds. The molecule has 0 saturated heterocycles. The van der Waals surface area contributed by atoms with Gasteiger partial charge in [-0.25, -0.2) is 0 Å². The largest absolute Gasteiger partial charge is 0.508 e. The van der Waals surface area contributed by atoms with Gasteiger partial charge in [0.15, 0.2) is 0 Å². The second-order valence-corrected chi connectivity index (χ2v) is 6.17. The lowest BCUT2D eigenvalue weighted by Gasteiger charge is -2.26. The lowest BCUT2D eigenvalue weighted by Crippen LogP contribution is -2.27. The van der Waals surface area contributed by atoms with E-state index in [9.17, 15) is 5.11 Å². The van der Waals surface area contributed by atoms with E-state index in [1.54, 1.807) is 12.1 Å². The molecular formula is C18H23N3O. The molecule has 1 aliphatic rings. The van der Waals surface area contributed by atoms with Gasteiger partial charge in [-0.2, -0.15) is 0 Å². The van der Waals surface area contributed by atoms with Crippen molar-refractivity contribution in [3.8, 4) is 5.75 Å². The Hall–Kier alpha value is -2.04. The summed E-state index contributed by atoms with van der Waals surface area (Å²) in [5.74, 6) is 0.290. The van der Waals surface area contributed by atoms with E-state index >= 15 is 0 Å². The van der Waals surface area contributed by atoms with E-state index in [0.29, 0.717) is 6.54 Å². The molecule has 2 aromatic carbocycles. The molecule has 0 radical (unpaired) electrons. The van der Waals surface area contributed by atoms with Gasteiger partial charge in [0.25, 0.3) is 0 Å². The minimum atomic E-state index is 0.196. The van der Waals surface area contributed by atoms with E-state index < -0.39 is 0 Å². The molecule has 0 saturated carbocycles. The van der Waals surface area contributed by atoms with E-state index in [2.05, 4.69) is 42.1 Å². The molecule has 0 aliphatic carbocycles. The van der Waals surface area contributed by atoms with Gasteiger partial charge in [0, 0.05) is 25.3 Å². The number of anilines is 1. The van der Waals surface area contributed by atoms with Crippen LogP contribution >= 0.6 is 0 Å². The third-order valence-corrected chi connectivity index (χ3v) is 4.19. The van der Waals surface area contributed by atoms with E-state index in [0.717, 1.165) is 18.8 Å². The summed E-state index contributed by atoms with van der Waals surface area (Å²) >= 11 is 0. The molecule has 3 rings (SSSR count). The third-order valence-electron chi connectivity index (χ3n) is 4.19. The van der Waals surface area contributed by atoms with Crippen LogP contribution < -0.4 is 10.6 Å². The molecule has 4 nitrogen and oxygen atoms in total. The maximum Gasteiger partial charge on any atom is 0.115 e. The monoisotopic (exact) mass is 297 g/mol. The molecule has 0 aromatic heterocycles. The van der Waals surface area contributed by atoms with E-state index in [1.807, 2.05) is 12.1 Å². The summed E-state index contributed by atoms with van der Waals surface area (Å²) < 4.78 is 0. The summed E-state index contributed by atoms with van der Waals surface area (Å²) in [4.78, 5) is 4.48. The topological polar surface area (TPSA) is 52.7 Å². The molecule has 4 heteroatoms. The summed E-state index contributed by atoms with van der Waals surface area (Å²) in [6.45, 7) is 2.38. The predicted octanol–water partition coefficient (Wildman–Crippen LogP) is 2.47.